The van der Waals surface area contributed by atoms with E-state index in [2.05, 4.69) is 0 Å². The molecule has 0 aromatic heterocycles. The summed E-state index contributed by atoms with van der Waals surface area (Å²) in [4.78, 5) is 0. The fraction of sp³-hybridized carbons (Fsp3) is 0. The van der Waals surface area contributed by atoms with Crippen LogP contribution in [0, 0.1) is 0 Å². The molecule has 0 fully saturated rings. The van der Waals surface area contributed by atoms with Gasteiger partial charge in [0.15, 0.2) is 0 Å². The van der Waals surface area contributed by atoms with E-state index in [0.29, 0.717) is 25.3 Å². The van der Waals surface area contributed by atoms with Crippen LogP contribution in [0.5, 0.6) is 0 Å². The van der Waals surface area contributed by atoms with E-state index in [1.54, 1.807) is 0 Å². The first-order chi connectivity index (χ1) is 2.83. The quantitative estimate of drug-likeness (QED) is 0.606. The number of hydrogen-bond donors (Lipinski definition) is 0. The zero-order valence-corrected chi connectivity index (χ0v) is 7.64. The maximum absolute atomic E-state index is 4.70. The summed E-state index contributed by atoms with van der Waals surface area (Å²) in [5.41, 5.74) is 0. The molecule has 0 saturated heterocycles. The van der Waals surface area contributed by atoms with Gasteiger partial charge in [0.1, 0.15) is 0 Å². The summed E-state index contributed by atoms with van der Waals surface area (Å²) >= 11 is 1.14. The molecule has 0 radical (unpaired) electrons. The summed E-state index contributed by atoms with van der Waals surface area (Å²) in [6, 6.07) is 0. The Bertz CT molecular complexity index is 11.7. The minimum atomic E-state index is 0. The summed E-state index contributed by atoms with van der Waals surface area (Å²) in [5, 5.41) is 0. The van der Waals surface area contributed by atoms with Crippen LogP contribution in [-0.4, -0.2) is 5.48 Å². The molecule has 2 N–H and O–H groups in total. The third kappa shape index (κ3) is 68.1. The van der Waals surface area contributed by atoms with Crippen molar-refractivity contribution in [1.29, 1.82) is 0 Å². The Labute approximate surface area is 71.0 Å². The topological polar surface area (TPSA) is 31.5 Å². The van der Waals surface area contributed by atoms with E-state index >= 15 is 0 Å². The third-order valence-electron chi connectivity index (χ3n) is 0. The van der Waals surface area contributed by atoms with E-state index < -0.39 is 0 Å². The van der Waals surface area contributed by atoms with Gasteiger partial charge >= 0.3 is 66.1 Å². The van der Waals surface area contributed by atoms with Crippen molar-refractivity contribution in [2.24, 2.45) is 0 Å². The van der Waals surface area contributed by atoms with Gasteiger partial charge in [-0.1, -0.05) is 0 Å². The van der Waals surface area contributed by atoms with Gasteiger partial charge in [0.05, 0.1) is 0 Å². The summed E-state index contributed by atoms with van der Waals surface area (Å²) in [7, 11) is 18.8. The molecule has 0 saturated carbocycles. The van der Waals surface area contributed by atoms with Crippen molar-refractivity contribution in [2.45, 2.75) is 0 Å². The Hall–Kier alpha value is 2.11. The van der Waals surface area contributed by atoms with E-state index in [-0.39, 0.29) is 5.48 Å². The Balaban J connectivity index is -0.0000000400. The molecule has 0 atom stereocenters. The minimum absolute atomic E-state index is 0. The van der Waals surface area contributed by atoms with Crippen LogP contribution in [0.3, 0.4) is 0 Å². The SMILES string of the molecule is O.[Cl][Ni][Cl].[Cl][Ni][Cl]. The molecule has 0 amide bonds. The average molecular weight is 277 g/mol. The van der Waals surface area contributed by atoms with Crippen molar-refractivity contribution < 1.29 is 30.8 Å². The zero-order chi connectivity index (χ0) is 5.41. The van der Waals surface area contributed by atoms with Crippen molar-refractivity contribution in [3.8, 4) is 0 Å². The van der Waals surface area contributed by atoms with Crippen molar-refractivity contribution >= 4 is 40.8 Å². The third-order valence-corrected chi connectivity index (χ3v) is 0. The first-order valence-corrected chi connectivity index (χ1v) is 5.91. The van der Waals surface area contributed by atoms with Gasteiger partial charge in [-0.3, -0.25) is 0 Å². The Morgan fingerprint density at radius 3 is 0.714 bits per heavy atom. The van der Waals surface area contributed by atoms with Crippen LogP contribution in [0.2, 0.25) is 0 Å². The molecule has 0 aliphatic rings. The molecule has 7 heavy (non-hydrogen) atoms. The van der Waals surface area contributed by atoms with Gasteiger partial charge in [0.2, 0.25) is 0 Å². The van der Waals surface area contributed by atoms with Crippen LogP contribution in [-0.2, 0) is 25.3 Å². The van der Waals surface area contributed by atoms with E-state index in [4.69, 9.17) is 40.8 Å². The van der Waals surface area contributed by atoms with Gasteiger partial charge in [-0.05, 0) is 0 Å². The number of rotatable bonds is 0. The van der Waals surface area contributed by atoms with Crippen molar-refractivity contribution in [1.82, 2.24) is 0 Å². The normalized spacial score (nSPS) is 6.29. The van der Waals surface area contributed by atoms with Crippen LogP contribution >= 0.6 is 40.8 Å². The molecule has 1 nitrogen and oxygen atoms in total. The van der Waals surface area contributed by atoms with Gasteiger partial charge < -0.3 is 5.48 Å². The van der Waals surface area contributed by atoms with E-state index in [1.165, 1.54) is 0 Å². The van der Waals surface area contributed by atoms with Gasteiger partial charge in [0.25, 0.3) is 0 Å². The molecule has 0 unspecified atom stereocenters. The van der Waals surface area contributed by atoms with Crippen LogP contribution in [0.1, 0.15) is 0 Å². The van der Waals surface area contributed by atoms with E-state index in [0.717, 1.165) is 0 Å². The predicted octanol–water partition coefficient (Wildman–Crippen LogP) is 1.93. The molecule has 7 heteroatoms. The van der Waals surface area contributed by atoms with E-state index in [9.17, 15) is 0 Å². The summed E-state index contributed by atoms with van der Waals surface area (Å²) in [5.74, 6) is 0. The molecular formula is H2Cl4Ni2O. The van der Waals surface area contributed by atoms with Crippen LogP contribution in [0.4, 0.5) is 0 Å². The monoisotopic (exact) mass is 274 g/mol. The summed E-state index contributed by atoms with van der Waals surface area (Å²) < 4.78 is 0. The molecule has 0 aliphatic heterocycles. The zero-order valence-electron chi connectivity index (χ0n) is 2.64. The second kappa shape index (κ2) is 24.3. The molecule has 0 rings (SSSR count). The second-order valence-corrected chi connectivity index (χ2v) is 3.35. The van der Waals surface area contributed by atoms with Crippen LogP contribution in [0.15, 0.2) is 0 Å². The van der Waals surface area contributed by atoms with Gasteiger partial charge in [-0.2, -0.15) is 0 Å². The number of hydrogen-bond acceptors (Lipinski definition) is 0. The Morgan fingerprint density at radius 1 is 0.714 bits per heavy atom. The molecule has 0 bridgehead atoms. The molecule has 56 valence electrons. The second-order valence-electron chi connectivity index (χ2n) is 0.0904. The maximum atomic E-state index is 4.70. The fourth-order valence-corrected chi connectivity index (χ4v) is 0. The predicted molar refractivity (Wildman–Crippen MR) is 27.0 cm³/mol. The molecule has 0 aromatic rings. The first-order valence-electron chi connectivity index (χ1n) is 0.478. The van der Waals surface area contributed by atoms with Crippen LogP contribution in [0.25, 0.3) is 0 Å². The summed E-state index contributed by atoms with van der Waals surface area (Å²) in [6.07, 6.45) is 0. The van der Waals surface area contributed by atoms with E-state index in [1.807, 2.05) is 0 Å². The molecule has 0 heterocycles. The fourth-order valence-electron chi connectivity index (χ4n) is 0. The molecule has 0 aromatic carbocycles. The number of halogens is 4. The molecule has 0 aliphatic carbocycles. The van der Waals surface area contributed by atoms with Crippen LogP contribution < -0.4 is 0 Å². The molecular weight excluding hydrogens is 275 g/mol. The van der Waals surface area contributed by atoms with Crippen molar-refractivity contribution in [3.05, 3.63) is 0 Å². The molecule has 0 spiro atoms. The summed E-state index contributed by atoms with van der Waals surface area (Å²) in [6.45, 7) is 0. The van der Waals surface area contributed by atoms with Gasteiger partial charge in [-0.15, -0.1) is 0 Å². The first kappa shape index (κ1) is 16.0. The average Bonchev–Trinajstić information content (AvgIpc) is 1.39. The van der Waals surface area contributed by atoms with Gasteiger partial charge in [0, 0.05) is 0 Å². The van der Waals surface area contributed by atoms with Gasteiger partial charge in [-0.25, -0.2) is 0 Å². The van der Waals surface area contributed by atoms with Crippen molar-refractivity contribution in [2.75, 3.05) is 0 Å². The Morgan fingerprint density at radius 2 is 0.714 bits per heavy atom. The standard InChI is InChI=1S/4ClH.2Ni.H2O/h4*1H;;;1H2/q;;;;2*+2;/p-4. The van der Waals surface area contributed by atoms with Crippen molar-refractivity contribution in [3.63, 3.8) is 0 Å². The Kier molecular flexibility index (Phi) is 55.7.